The Morgan fingerprint density at radius 2 is 2.25 bits per heavy atom. The van der Waals surface area contributed by atoms with Gasteiger partial charge in [-0.05, 0) is 6.92 Å². The molecule has 0 rings (SSSR count). The number of carbonyl (C=O) groups is 1. The second kappa shape index (κ2) is 4.50. The average Bonchev–Trinajstić information content (AvgIpc) is 1.83. The molecule has 0 aliphatic rings. The molecule has 0 spiro atoms. The van der Waals surface area contributed by atoms with Crippen molar-refractivity contribution in [3.63, 3.8) is 0 Å². The Labute approximate surface area is 48.9 Å². The summed E-state index contributed by atoms with van der Waals surface area (Å²) in [7, 11) is 0. The smallest absolute Gasteiger partial charge is 0.198 e. The molecule has 0 heterocycles. The number of hydrogen-bond acceptors (Lipinski definition) is 2. The van der Waals surface area contributed by atoms with E-state index in [0.29, 0.717) is 6.42 Å². The SMILES string of the molecule is [CH2]CC(=O)CC[C]=O. The van der Waals surface area contributed by atoms with E-state index in [0.717, 1.165) is 0 Å². The lowest BCUT2D eigenvalue weighted by atomic mass is 10.2. The van der Waals surface area contributed by atoms with Gasteiger partial charge < -0.3 is 0 Å². The number of ketones is 1. The molecule has 2 heteroatoms. The van der Waals surface area contributed by atoms with Crippen molar-refractivity contribution in [2.75, 3.05) is 0 Å². The zero-order valence-corrected chi connectivity index (χ0v) is 4.64. The Hall–Kier alpha value is -0.660. The molecule has 0 amide bonds. The van der Waals surface area contributed by atoms with Gasteiger partial charge in [0, 0.05) is 19.3 Å². The molecule has 8 heavy (non-hydrogen) atoms. The highest BCUT2D eigenvalue weighted by Gasteiger charge is 1.94. The first-order valence-electron chi connectivity index (χ1n) is 2.47. The maximum atomic E-state index is 10.3. The second-order valence-electron chi connectivity index (χ2n) is 1.43. The summed E-state index contributed by atoms with van der Waals surface area (Å²) >= 11 is 0. The fourth-order valence-corrected chi connectivity index (χ4v) is 0.315. The first-order valence-corrected chi connectivity index (χ1v) is 2.47. The molecule has 0 unspecified atom stereocenters. The molecule has 44 valence electrons. The summed E-state index contributed by atoms with van der Waals surface area (Å²) in [4.78, 5) is 19.9. The van der Waals surface area contributed by atoms with E-state index in [2.05, 4.69) is 6.92 Å². The van der Waals surface area contributed by atoms with Crippen LogP contribution in [0.1, 0.15) is 19.3 Å². The maximum absolute atomic E-state index is 10.3. The van der Waals surface area contributed by atoms with Gasteiger partial charge in [-0.25, -0.2) is 0 Å². The third kappa shape index (κ3) is 3.53. The lowest BCUT2D eigenvalue weighted by Crippen LogP contribution is -1.93. The quantitative estimate of drug-likeness (QED) is 0.535. The van der Waals surface area contributed by atoms with E-state index in [1.165, 1.54) is 0 Å². The lowest BCUT2D eigenvalue weighted by Gasteiger charge is -1.86. The molecular formula is C6H8O2. The minimum absolute atomic E-state index is 0.0216. The fourth-order valence-electron chi connectivity index (χ4n) is 0.315. The summed E-state index contributed by atoms with van der Waals surface area (Å²) in [5, 5.41) is 0. The largest absolute Gasteiger partial charge is 0.300 e. The molecule has 0 N–H and O–H groups in total. The highest BCUT2D eigenvalue weighted by molar-refractivity contribution is 5.80. The van der Waals surface area contributed by atoms with E-state index in [-0.39, 0.29) is 18.6 Å². The van der Waals surface area contributed by atoms with Crippen LogP contribution >= 0.6 is 0 Å². The molecule has 0 aromatic heterocycles. The van der Waals surface area contributed by atoms with Gasteiger partial charge in [-0.3, -0.25) is 9.59 Å². The molecule has 0 aromatic carbocycles. The van der Waals surface area contributed by atoms with E-state index < -0.39 is 0 Å². The first kappa shape index (κ1) is 7.34. The van der Waals surface area contributed by atoms with Crippen molar-refractivity contribution in [1.29, 1.82) is 0 Å². The van der Waals surface area contributed by atoms with Crippen molar-refractivity contribution in [2.24, 2.45) is 0 Å². The van der Waals surface area contributed by atoms with Crippen LogP contribution in [0, 0.1) is 6.92 Å². The molecule has 0 saturated carbocycles. The highest BCUT2D eigenvalue weighted by atomic mass is 16.1. The molecule has 0 bridgehead atoms. The van der Waals surface area contributed by atoms with Gasteiger partial charge in [-0.1, -0.05) is 0 Å². The van der Waals surface area contributed by atoms with Crippen molar-refractivity contribution in [2.45, 2.75) is 19.3 Å². The predicted octanol–water partition coefficient (Wildman–Crippen LogP) is 0.670. The number of Topliss-reactive ketones (excluding diaryl/α,β-unsaturated/α-hetero) is 1. The number of rotatable bonds is 4. The van der Waals surface area contributed by atoms with Crippen molar-refractivity contribution < 1.29 is 9.59 Å². The van der Waals surface area contributed by atoms with Gasteiger partial charge in [-0.2, -0.15) is 0 Å². The third-order valence-electron chi connectivity index (χ3n) is 0.785. The van der Waals surface area contributed by atoms with E-state index in [1.54, 1.807) is 6.29 Å². The van der Waals surface area contributed by atoms with E-state index in [4.69, 9.17) is 0 Å². The second-order valence-corrected chi connectivity index (χ2v) is 1.43. The van der Waals surface area contributed by atoms with Crippen LogP contribution in [0.2, 0.25) is 0 Å². The van der Waals surface area contributed by atoms with Crippen molar-refractivity contribution in [3.8, 4) is 0 Å². The van der Waals surface area contributed by atoms with Crippen LogP contribution in [-0.2, 0) is 9.59 Å². The summed E-state index contributed by atoms with van der Waals surface area (Å²) < 4.78 is 0. The van der Waals surface area contributed by atoms with Gasteiger partial charge in [-0.15, -0.1) is 0 Å². The lowest BCUT2D eigenvalue weighted by molar-refractivity contribution is -0.118. The van der Waals surface area contributed by atoms with Crippen LogP contribution in [0.5, 0.6) is 0 Å². The Bertz CT molecular complexity index is 86.5. The molecule has 2 nitrogen and oxygen atoms in total. The predicted molar refractivity (Wildman–Crippen MR) is 29.9 cm³/mol. The average molecular weight is 112 g/mol. The molecule has 0 aliphatic heterocycles. The minimum Gasteiger partial charge on any atom is -0.300 e. The Kier molecular flexibility index (Phi) is 4.13. The van der Waals surface area contributed by atoms with Crippen molar-refractivity contribution in [3.05, 3.63) is 6.92 Å². The highest BCUT2D eigenvalue weighted by Crippen LogP contribution is 1.89. The zero-order chi connectivity index (χ0) is 6.41. The van der Waals surface area contributed by atoms with Gasteiger partial charge in [0.15, 0.2) is 6.29 Å². The van der Waals surface area contributed by atoms with Crippen molar-refractivity contribution in [1.82, 2.24) is 0 Å². The van der Waals surface area contributed by atoms with Crippen LogP contribution in [0.25, 0.3) is 0 Å². The van der Waals surface area contributed by atoms with Crippen molar-refractivity contribution >= 4 is 12.1 Å². The van der Waals surface area contributed by atoms with Crippen LogP contribution in [-0.4, -0.2) is 12.1 Å². The minimum atomic E-state index is 0.0216. The van der Waals surface area contributed by atoms with Crippen LogP contribution in [0.4, 0.5) is 0 Å². The Balaban J connectivity index is 3.11. The van der Waals surface area contributed by atoms with Crippen LogP contribution in [0.15, 0.2) is 0 Å². The van der Waals surface area contributed by atoms with E-state index in [9.17, 15) is 9.59 Å². The molecular weight excluding hydrogens is 104 g/mol. The standard InChI is InChI=1S/C6H8O2/c1-2-6(8)4-3-5-7/h1-4H2. The summed E-state index contributed by atoms with van der Waals surface area (Å²) in [5.41, 5.74) is 0. The molecule has 2 radical (unpaired) electrons. The van der Waals surface area contributed by atoms with E-state index >= 15 is 0 Å². The Morgan fingerprint density at radius 1 is 1.62 bits per heavy atom. The number of hydrogen-bond donors (Lipinski definition) is 0. The normalized spacial score (nSPS) is 8.62. The zero-order valence-electron chi connectivity index (χ0n) is 4.64. The first-order chi connectivity index (χ1) is 3.81. The molecule has 0 aromatic rings. The summed E-state index contributed by atoms with van der Waals surface area (Å²) in [5.74, 6) is 0.0216. The molecule has 0 atom stereocenters. The van der Waals surface area contributed by atoms with Crippen LogP contribution in [0.3, 0.4) is 0 Å². The molecule has 0 fully saturated rings. The summed E-state index contributed by atoms with van der Waals surface area (Å²) in [6.45, 7) is 3.36. The van der Waals surface area contributed by atoms with E-state index in [1.807, 2.05) is 0 Å². The summed E-state index contributed by atoms with van der Waals surface area (Å²) in [6, 6.07) is 0. The molecule has 0 saturated heterocycles. The maximum Gasteiger partial charge on any atom is 0.198 e. The van der Waals surface area contributed by atoms with Gasteiger partial charge >= 0.3 is 0 Å². The van der Waals surface area contributed by atoms with Gasteiger partial charge in [0.25, 0.3) is 0 Å². The third-order valence-corrected chi connectivity index (χ3v) is 0.785. The van der Waals surface area contributed by atoms with Gasteiger partial charge in [0.1, 0.15) is 5.78 Å². The monoisotopic (exact) mass is 112 g/mol. The number of carbonyl (C=O) groups excluding carboxylic acids is 2. The fraction of sp³-hybridized carbons (Fsp3) is 0.500. The summed E-state index contributed by atoms with van der Waals surface area (Å²) in [6.07, 6.45) is 2.43. The Morgan fingerprint density at radius 3 is 2.62 bits per heavy atom. The van der Waals surface area contributed by atoms with Crippen LogP contribution < -0.4 is 0 Å². The topological polar surface area (TPSA) is 34.1 Å². The van der Waals surface area contributed by atoms with Gasteiger partial charge in [0.05, 0.1) is 0 Å². The van der Waals surface area contributed by atoms with Gasteiger partial charge in [0.2, 0.25) is 0 Å². The molecule has 0 aliphatic carbocycles.